The van der Waals surface area contributed by atoms with Crippen LogP contribution in [0.15, 0.2) is 24.3 Å². The predicted octanol–water partition coefficient (Wildman–Crippen LogP) is 0.293. The summed E-state index contributed by atoms with van der Waals surface area (Å²) in [4.78, 5) is 22.5. The number of carbonyl (C=O) groups excluding carboxylic acids is 1. The number of aliphatic hydroxyl groups excluding tert-OH is 1. The molecule has 0 saturated carbocycles. The monoisotopic (exact) mass is 473 g/mol. The third-order valence-corrected chi connectivity index (χ3v) is 5.03. The number of amides is 1. The van der Waals surface area contributed by atoms with Crippen molar-refractivity contribution in [1.82, 2.24) is 35.5 Å². The highest BCUT2D eigenvalue weighted by atomic mass is 19.1. The lowest BCUT2D eigenvalue weighted by Crippen LogP contribution is -2.40. The third-order valence-electron chi connectivity index (χ3n) is 5.03. The summed E-state index contributed by atoms with van der Waals surface area (Å²) < 4.78 is 29.7. The number of aliphatic hydroxyl groups is 1. The van der Waals surface area contributed by atoms with E-state index in [4.69, 9.17) is 19.3 Å². The van der Waals surface area contributed by atoms with Crippen molar-refractivity contribution in [3.8, 4) is 17.3 Å². The summed E-state index contributed by atoms with van der Waals surface area (Å²) >= 11 is 0. The Hall–Kier alpha value is -3.55. The molecule has 3 heterocycles. The van der Waals surface area contributed by atoms with Gasteiger partial charge in [0.15, 0.2) is 11.6 Å². The molecule has 34 heavy (non-hydrogen) atoms. The van der Waals surface area contributed by atoms with Gasteiger partial charge >= 0.3 is 0 Å². The van der Waals surface area contributed by atoms with Crippen molar-refractivity contribution in [1.29, 1.82) is 0 Å². The maximum atomic E-state index is 13.6. The Balaban J connectivity index is 1.41. The molecule has 1 saturated heterocycles. The summed E-state index contributed by atoms with van der Waals surface area (Å²) in [6, 6.07) is 5.82. The van der Waals surface area contributed by atoms with Crippen molar-refractivity contribution in [2.75, 3.05) is 26.9 Å². The maximum Gasteiger partial charge on any atom is 0.270 e. The Kier molecular flexibility index (Phi) is 7.35. The van der Waals surface area contributed by atoms with Crippen molar-refractivity contribution in [2.24, 2.45) is 0 Å². The van der Waals surface area contributed by atoms with Crippen molar-refractivity contribution < 1.29 is 28.5 Å². The second kappa shape index (κ2) is 10.6. The van der Waals surface area contributed by atoms with E-state index < -0.39 is 11.7 Å². The number of ether oxygens (including phenoxy) is 3. The first-order chi connectivity index (χ1) is 16.4. The molecule has 3 aromatic rings. The van der Waals surface area contributed by atoms with Crippen LogP contribution < -0.4 is 10.1 Å². The zero-order valence-corrected chi connectivity index (χ0v) is 18.6. The van der Waals surface area contributed by atoms with E-state index in [-0.39, 0.29) is 49.2 Å². The van der Waals surface area contributed by atoms with Crippen molar-refractivity contribution >= 4 is 5.91 Å². The van der Waals surface area contributed by atoms with Gasteiger partial charge in [0.05, 0.1) is 33.5 Å². The van der Waals surface area contributed by atoms with Crippen LogP contribution in [0, 0.1) is 12.7 Å². The number of aromatic nitrogens is 6. The smallest absolute Gasteiger partial charge is 0.270 e. The highest BCUT2D eigenvalue weighted by Crippen LogP contribution is 2.18. The lowest BCUT2D eigenvalue weighted by atomic mass is 10.2. The first-order valence-electron chi connectivity index (χ1n) is 10.5. The van der Waals surface area contributed by atoms with Crippen LogP contribution in [0.3, 0.4) is 0 Å². The van der Waals surface area contributed by atoms with Gasteiger partial charge in [0.2, 0.25) is 5.82 Å². The molecule has 1 fully saturated rings. The van der Waals surface area contributed by atoms with Crippen molar-refractivity contribution in [3.05, 3.63) is 47.2 Å². The summed E-state index contributed by atoms with van der Waals surface area (Å²) in [6.45, 7) is 2.61. The van der Waals surface area contributed by atoms with Gasteiger partial charge in [-0.05, 0) is 35.9 Å². The molecule has 0 radical (unpaired) electrons. The van der Waals surface area contributed by atoms with E-state index in [1.165, 1.54) is 30.1 Å². The standard InChI is InChI=1S/C21H24FN7O5/c1-12-24-17(20-26-28-29(27-20)8-14-10-34-15(9-30)11-33-14)6-18(25-12)21(31)23-7-13-3-4-16(22)19(5-13)32-2/h3-6,14-15,30H,7-11H2,1-2H3,(H,23,31)/t14-,15?/m0/s1. The molecular formula is C21H24FN7O5. The third kappa shape index (κ3) is 5.68. The molecule has 1 aliphatic heterocycles. The van der Waals surface area contributed by atoms with Gasteiger partial charge < -0.3 is 24.6 Å². The minimum Gasteiger partial charge on any atom is -0.494 e. The average molecular weight is 473 g/mol. The molecule has 0 aliphatic carbocycles. The molecule has 13 heteroatoms. The molecule has 1 amide bonds. The highest BCUT2D eigenvalue weighted by molar-refractivity contribution is 5.93. The number of methoxy groups -OCH3 is 1. The zero-order chi connectivity index (χ0) is 24.1. The van der Waals surface area contributed by atoms with E-state index in [1.807, 2.05) is 0 Å². The van der Waals surface area contributed by atoms with E-state index in [2.05, 4.69) is 30.7 Å². The summed E-state index contributed by atoms with van der Waals surface area (Å²) in [5.74, 6) is -0.228. The van der Waals surface area contributed by atoms with Crippen LogP contribution in [0.5, 0.6) is 5.75 Å². The zero-order valence-electron chi connectivity index (χ0n) is 18.6. The van der Waals surface area contributed by atoms with E-state index in [0.717, 1.165) is 0 Å². The quantitative estimate of drug-likeness (QED) is 0.468. The Morgan fingerprint density at radius 3 is 2.79 bits per heavy atom. The largest absolute Gasteiger partial charge is 0.494 e. The molecule has 2 N–H and O–H groups in total. The second-order valence-corrected chi connectivity index (χ2v) is 7.60. The Bertz CT molecular complexity index is 1150. The van der Waals surface area contributed by atoms with Gasteiger partial charge in [-0.2, -0.15) is 4.80 Å². The first-order valence-corrected chi connectivity index (χ1v) is 10.5. The van der Waals surface area contributed by atoms with Crippen molar-refractivity contribution in [3.63, 3.8) is 0 Å². The molecule has 180 valence electrons. The van der Waals surface area contributed by atoms with E-state index in [0.29, 0.717) is 30.2 Å². The number of halogens is 1. The van der Waals surface area contributed by atoms with Gasteiger partial charge in [0.1, 0.15) is 29.4 Å². The molecule has 1 unspecified atom stereocenters. The number of tetrazole rings is 1. The average Bonchev–Trinajstić information content (AvgIpc) is 3.32. The molecule has 1 aliphatic rings. The van der Waals surface area contributed by atoms with Gasteiger partial charge in [0, 0.05) is 6.54 Å². The molecule has 2 aromatic heterocycles. The van der Waals surface area contributed by atoms with Gasteiger partial charge in [-0.15, -0.1) is 10.2 Å². The highest BCUT2D eigenvalue weighted by Gasteiger charge is 2.23. The lowest BCUT2D eigenvalue weighted by molar-refractivity contribution is -0.150. The maximum absolute atomic E-state index is 13.6. The van der Waals surface area contributed by atoms with E-state index >= 15 is 0 Å². The Labute approximate surface area is 194 Å². The van der Waals surface area contributed by atoms with Crippen LogP contribution in [0.1, 0.15) is 21.9 Å². The number of hydrogen-bond donors (Lipinski definition) is 2. The number of carbonyl (C=O) groups is 1. The van der Waals surface area contributed by atoms with E-state index in [1.54, 1.807) is 13.0 Å². The fourth-order valence-electron chi connectivity index (χ4n) is 3.28. The van der Waals surface area contributed by atoms with E-state index in [9.17, 15) is 9.18 Å². The van der Waals surface area contributed by atoms with Crippen LogP contribution in [0.4, 0.5) is 4.39 Å². The first kappa shape index (κ1) is 23.6. The normalized spacial score (nSPS) is 18.0. The van der Waals surface area contributed by atoms with Gasteiger partial charge in [0.25, 0.3) is 5.91 Å². The fourth-order valence-corrected chi connectivity index (χ4v) is 3.28. The fraction of sp³-hybridized carbons (Fsp3) is 0.429. The van der Waals surface area contributed by atoms with Crippen molar-refractivity contribution in [2.45, 2.75) is 32.2 Å². The van der Waals surface area contributed by atoms with Crippen LogP contribution in [0.2, 0.25) is 0 Å². The number of rotatable bonds is 8. The predicted molar refractivity (Wildman–Crippen MR) is 114 cm³/mol. The minimum absolute atomic E-state index is 0.0967. The topological polar surface area (TPSA) is 146 Å². The molecule has 0 spiro atoms. The molecule has 0 bridgehead atoms. The van der Waals surface area contributed by atoms with Crippen LogP contribution >= 0.6 is 0 Å². The van der Waals surface area contributed by atoms with Crippen LogP contribution in [0.25, 0.3) is 11.5 Å². The Morgan fingerprint density at radius 2 is 2.06 bits per heavy atom. The second-order valence-electron chi connectivity index (χ2n) is 7.60. The molecular weight excluding hydrogens is 449 g/mol. The summed E-state index contributed by atoms with van der Waals surface area (Å²) in [5, 5.41) is 24.2. The minimum atomic E-state index is -0.480. The molecule has 1 aromatic carbocycles. The summed E-state index contributed by atoms with van der Waals surface area (Å²) in [5.41, 5.74) is 1.14. The van der Waals surface area contributed by atoms with Gasteiger partial charge in [-0.25, -0.2) is 14.4 Å². The van der Waals surface area contributed by atoms with Crippen LogP contribution in [-0.2, 0) is 22.6 Å². The van der Waals surface area contributed by atoms with Gasteiger partial charge in [-0.1, -0.05) is 6.07 Å². The molecule has 2 atom stereocenters. The lowest BCUT2D eigenvalue weighted by Gasteiger charge is -2.27. The summed E-state index contributed by atoms with van der Waals surface area (Å²) in [6.07, 6.45) is -0.599. The summed E-state index contributed by atoms with van der Waals surface area (Å²) in [7, 11) is 1.37. The molecule has 4 rings (SSSR count). The SMILES string of the molecule is COc1cc(CNC(=O)c2cc(-c3nnn(C[C@H]4COC(CO)CO4)n3)nc(C)n2)ccc1F. The van der Waals surface area contributed by atoms with Crippen LogP contribution in [-0.4, -0.2) is 80.3 Å². The Morgan fingerprint density at radius 1 is 1.26 bits per heavy atom. The number of nitrogens with one attached hydrogen (secondary N) is 1. The number of aryl methyl sites for hydroxylation is 1. The van der Waals surface area contributed by atoms with Gasteiger partial charge in [-0.3, -0.25) is 4.79 Å². The number of nitrogens with zero attached hydrogens (tertiary/aromatic N) is 6. The number of hydrogen-bond acceptors (Lipinski definition) is 10. The number of benzene rings is 1. The molecule has 12 nitrogen and oxygen atoms in total.